The molecule has 7 heteroatoms. The first kappa shape index (κ1) is 18.1. The number of nitrogens with zero attached hydrogens (tertiary/aromatic N) is 2. The summed E-state index contributed by atoms with van der Waals surface area (Å²) in [5, 5.41) is 10.9. The third-order valence-electron chi connectivity index (χ3n) is 4.27. The Bertz CT molecular complexity index is 959. The standard InChI is InChI=1S/C19H22N4O2S/c1-10-6-11(2)17(12(3)7-10)21-16(24)9-20-18(25)15-8-14-13(4)22-23(5)19(14)26-15/h6-8H,9H2,1-5H3,(H,20,25)(H,21,24). The number of anilines is 1. The summed E-state index contributed by atoms with van der Waals surface area (Å²) in [6.07, 6.45) is 0. The molecule has 3 rings (SSSR count). The highest BCUT2D eigenvalue weighted by molar-refractivity contribution is 7.20. The van der Waals surface area contributed by atoms with Gasteiger partial charge in [-0.25, -0.2) is 0 Å². The third kappa shape index (κ3) is 3.48. The quantitative estimate of drug-likeness (QED) is 0.740. The number of thiophene rings is 1. The van der Waals surface area contributed by atoms with E-state index in [1.807, 2.05) is 52.9 Å². The highest BCUT2D eigenvalue weighted by atomic mass is 32.1. The lowest BCUT2D eigenvalue weighted by atomic mass is 10.1. The zero-order valence-electron chi connectivity index (χ0n) is 15.6. The first-order valence-electron chi connectivity index (χ1n) is 8.35. The molecule has 0 unspecified atom stereocenters. The minimum atomic E-state index is -0.252. The van der Waals surface area contributed by atoms with Gasteiger partial charge in [-0.3, -0.25) is 14.3 Å². The molecule has 2 heterocycles. The van der Waals surface area contributed by atoms with Crippen LogP contribution in [0.2, 0.25) is 0 Å². The number of carbonyl (C=O) groups is 2. The van der Waals surface area contributed by atoms with Crippen LogP contribution in [-0.2, 0) is 11.8 Å². The van der Waals surface area contributed by atoms with Crippen LogP contribution >= 0.6 is 11.3 Å². The van der Waals surface area contributed by atoms with E-state index >= 15 is 0 Å². The molecule has 0 fully saturated rings. The Kier molecular flexibility index (Phi) is 4.82. The van der Waals surface area contributed by atoms with Crippen LogP contribution in [-0.4, -0.2) is 28.1 Å². The molecule has 2 N–H and O–H groups in total. The molecule has 0 aliphatic carbocycles. The average Bonchev–Trinajstić information content (AvgIpc) is 3.11. The van der Waals surface area contributed by atoms with Gasteiger partial charge in [0.1, 0.15) is 4.83 Å². The van der Waals surface area contributed by atoms with Crippen molar-refractivity contribution in [3.05, 3.63) is 45.5 Å². The summed E-state index contributed by atoms with van der Waals surface area (Å²) in [7, 11) is 1.85. The van der Waals surface area contributed by atoms with Crippen molar-refractivity contribution >= 4 is 39.1 Å². The first-order chi connectivity index (χ1) is 12.3. The van der Waals surface area contributed by atoms with Gasteiger partial charge in [-0.15, -0.1) is 11.3 Å². The number of aromatic nitrogens is 2. The Hall–Kier alpha value is -2.67. The van der Waals surface area contributed by atoms with Gasteiger partial charge in [-0.2, -0.15) is 5.10 Å². The highest BCUT2D eigenvalue weighted by Crippen LogP contribution is 2.27. The van der Waals surface area contributed by atoms with E-state index in [0.717, 1.165) is 38.3 Å². The van der Waals surface area contributed by atoms with Crippen LogP contribution in [0.1, 0.15) is 32.1 Å². The van der Waals surface area contributed by atoms with Crippen LogP contribution in [0.5, 0.6) is 0 Å². The zero-order valence-corrected chi connectivity index (χ0v) is 16.4. The van der Waals surface area contributed by atoms with Crippen molar-refractivity contribution in [1.82, 2.24) is 15.1 Å². The van der Waals surface area contributed by atoms with E-state index in [9.17, 15) is 9.59 Å². The first-order valence-corrected chi connectivity index (χ1v) is 9.17. The molecule has 2 amide bonds. The monoisotopic (exact) mass is 370 g/mol. The fourth-order valence-corrected chi connectivity index (χ4v) is 4.17. The summed E-state index contributed by atoms with van der Waals surface area (Å²) in [5.41, 5.74) is 4.87. The van der Waals surface area contributed by atoms with Crippen LogP contribution in [0, 0.1) is 27.7 Å². The van der Waals surface area contributed by atoms with Crippen LogP contribution in [0.3, 0.4) is 0 Å². The average molecular weight is 370 g/mol. The van der Waals surface area contributed by atoms with E-state index in [2.05, 4.69) is 15.7 Å². The van der Waals surface area contributed by atoms with Crippen LogP contribution in [0.25, 0.3) is 10.2 Å². The van der Waals surface area contributed by atoms with Crippen molar-refractivity contribution in [2.75, 3.05) is 11.9 Å². The molecule has 0 aliphatic heterocycles. The van der Waals surface area contributed by atoms with Gasteiger partial charge >= 0.3 is 0 Å². The van der Waals surface area contributed by atoms with E-state index in [0.29, 0.717) is 4.88 Å². The lowest BCUT2D eigenvalue weighted by molar-refractivity contribution is -0.115. The Morgan fingerprint density at radius 1 is 1.12 bits per heavy atom. The second-order valence-corrected chi connectivity index (χ2v) is 7.57. The smallest absolute Gasteiger partial charge is 0.261 e. The van der Waals surface area contributed by atoms with E-state index in [-0.39, 0.29) is 18.4 Å². The van der Waals surface area contributed by atoms with E-state index < -0.39 is 0 Å². The molecule has 0 radical (unpaired) electrons. The molecular formula is C19H22N4O2S. The summed E-state index contributed by atoms with van der Waals surface area (Å²) in [4.78, 5) is 26.1. The van der Waals surface area contributed by atoms with Crippen molar-refractivity contribution in [3.8, 4) is 0 Å². The predicted molar refractivity (Wildman–Crippen MR) is 105 cm³/mol. The van der Waals surface area contributed by atoms with Crippen molar-refractivity contribution in [2.24, 2.45) is 7.05 Å². The fourth-order valence-electron chi connectivity index (χ4n) is 3.13. The van der Waals surface area contributed by atoms with E-state index in [4.69, 9.17) is 0 Å². The van der Waals surface area contributed by atoms with Gasteiger partial charge in [0.25, 0.3) is 5.91 Å². The molecule has 0 bridgehead atoms. The molecule has 0 aliphatic rings. The summed E-state index contributed by atoms with van der Waals surface area (Å²) in [6, 6.07) is 5.87. The molecule has 136 valence electrons. The number of nitrogens with one attached hydrogen (secondary N) is 2. The van der Waals surface area contributed by atoms with Gasteiger partial charge in [0.15, 0.2) is 0 Å². The minimum absolute atomic E-state index is 0.0724. The van der Waals surface area contributed by atoms with Crippen LogP contribution in [0.15, 0.2) is 18.2 Å². The van der Waals surface area contributed by atoms with Gasteiger partial charge in [0.05, 0.1) is 17.1 Å². The number of amides is 2. The van der Waals surface area contributed by atoms with E-state index in [1.165, 1.54) is 11.3 Å². The van der Waals surface area contributed by atoms with Gasteiger partial charge in [0, 0.05) is 18.1 Å². The SMILES string of the molecule is Cc1cc(C)c(NC(=O)CNC(=O)c2cc3c(C)nn(C)c3s2)c(C)c1. The molecule has 2 aromatic heterocycles. The van der Waals surface area contributed by atoms with Gasteiger partial charge in [0.2, 0.25) is 5.91 Å². The number of hydrogen-bond acceptors (Lipinski definition) is 4. The number of carbonyl (C=O) groups excluding carboxylic acids is 2. The Morgan fingerprint density at radius 3 is 2.38 bits per heavy atom. The summed E-state index contributed by atoms with van der Waals surface area (Å²) < 4.78 is 1.77. The highest BCUT2D eigenvalue weighted by Gasteiger charge is 2.16. The Balaban J connectivity index is 1.65. The molecule has 26 heavy (non-hydrogen) atoms. The molecule has 0 atom stereocenters. The van der Waals surface area contributed by atoms with Crippen molar-refractivity contribution in [1.29, 1.82) is 0 Å². The fraction of sp³-hybridized carbons (Fsp3) is 0.316. The van der Waals surface area contributed by atoms with Gasteiger partial charge in [-0.05, 0) is 44.9 Å². The van der Waals surface area contributed by atoms with Crippen LogP contribution in [0.4, 0.5) is 5.69 Å². The second kappa shape index (κ2) is 6.92. The topological polar surface area (TPSA) is 76.0 Å². The lowest BCUT2D eigenvalue weighted by Gasteiger charge is -2.13. The number of hydrogen-bond donors (Lipinski definition) is 2. The maximum Gasteiger partial charge on any atom is 0.261 e. The number of benzene rings is 1. The zero-order chi connectivity index (χ0) is 19.0. The largest absolute Gasteiger partial charge is 0.342 e. The Labute approximate surface area is 156 Å². The minimum Gasteiger partial charge on any atom is -0.342 e. The van der Waals surface area contributed by atoms with Gasteiger partial charge < -0.3 is 10.6 Å². The number of fused-ring (bicyclic) bond motifs is 1. The maximum absolute atomic E-state index is 12.4. The van der Waals surface area contributed by atoms with Crippen molar-refractivity contribution in [2.45, 2.75) is 27.7 Å². The molecule has 6 nitrogen and oxygen atoms in total. The normalized spacial score (nSPS) is 11.0. The third-order valence-corrected chi connectivity index (χ3v) is 5.47. The number of aryl methyl sites for hydroxylation is 5. The number of rotatable bonds is 4. The van der Waals surface area contributed by atoms with Crippen molar-refractivity contribution in [3.63, 3.8) is 0 Å². The second-order valence-electron chi connectivity index (χ2n) is 6.54. The van der Waals surface area contributed by atoms with Crippen LogP contribution < -0.4 is 10.6 Å². The van der Waals surface area contributed by atoms with Crippen molar-refractivity contribution < 1.29 is 9.59 Å². The molecule has 1 aromatic carbocycles. The Morgan fingerprint density at radius 2 is 1.77 bits per heavy atom. The predicted octanol–water partition coefficient (Wildman–Crippen LogP) is 3.24. The molecule has 0 spiro atoms. The summed E-state index contributed by atoms with van der Waals surface area (Å²) in [5.74, 6) is -0.495. The molecule has 0 saturated carbocycles. The summed E-state index contributed by atoms with van der Waals surface area (Å²) >= 11 is 1.37. The van der Waals surface area contributed by atoms with Gasteiger partial charge in [-0.1, -0.05) is 17.7 Å². The van der Waals surface area contributed by atoms with E-state index in [1.54, 1.807) is 4.68 Å². The molecule has 0 saturated heterocycles. The lowest BCUT2D eigenvalue weighted by Crippen LogP contribution is -2.32. The molecule has 3 aromatic rings. The maximum atomic E-state index is 12.4. The molecular weight excluding hydrogens is 348 g/mol. The summed E-state index contributed by atoms with van der Waals surface area (Å²) in [6.45, 7) is 7.78.